The van der Waals surface area contributed by atoms with Crippen molar-refractivity contribution in [3.8, 4) is 0 Å². The van der Waals surface area contributed by atoms with Crippen LogP contribution in [0.2, 0.25) is 0 Å². The predicted octanol–water partition coefficient (Wildman–Crippen LogP) is 1.84. The normalized spacial score (nSPS) is 23.6. The molecule has 5 nitrogen and oxygen atoms in total. The fraction of sp³-hybridized carbons (Fsp3) is 0.938. The summed E-state index contributed by atoms with van der Waals surface area (Å²) in [6.45, 7) is 9.73. The van der Waals surface area contributed by atoms with Gasteiger partial charge in [0.15, 0.2) is 0 Å². The standard InChI is InChI=1S/C16H32N2O3/c1-12(2)9-16(4,11-17)18-15(19)13(3)21-10-14-7-5-6-8-20-14/h12-14H,5-11,17H2,1-4H3,(H,18,19). The van der Waals surface area contributed by atoms with Gasteiger partial charge in [-0.25, -0.2) is 0 Å². The van der Waals surface area contributed by atoms with E-state index in [0.29, 0.717) is 19.1 Å². The molecular weight excluding hydrogens is 268 g/mol. The molecule has 0 bridgehead atoms. The maximum absolute atomic E-state index is 12.2. The number of hydrogen-bond acceptors (Lipinski definition) is 4. The van der Waals surface area contributed by atoms with Gasteiger partial charge in [0.1, 0.15) is 6.10 Å². The highest BCUT2D eigenvalue weighted by molar-refractivity contribution is 5.81. The molecule has 1 fully saturated rings. The van der Waals surface area contributed by atoms with Gasteiger partial charge < -0.3 is 20.5 Å². The molecule has 0 aliphatic carbocycles. The predicted molar refractivity (Wildman–Crippen MR) is 84.1 cm³/mol. The van der Waals surface area contributed by atoms with E-state index in [1.165, 1.54) is 6.42 Å². The molecule has 0 radical (unpaired) electrons. The second-order valence-corrected chi connectivity index (χ2v) is 6.82. The summed E-state index contributed by atoms with van der Waals surface area (Å²) in [5.41, 5.74) is 5.45. The van der Waals surface area contributed by atoms with Gasteiger partial charge in [-0.05, 0) is 45.4 Å². The van der Waals surface area contributed by atoms with Crippen LogP contribution in [0.1, 0.15) is 53.4 Å². The highest BCUT2D eigenvalue weighted by atomic mass is 16.5. The van der Waals surface area contributed by atoms with Crippen LogP contribution >= 0.6 is 0 Å². The Bertz CT molecular complexity index is 317. The molecule has 1 aliphatic heterocycles. The molecule has 3 atom stereocenters. The summed E-state index contributed by atoms with van der Waals surface area (Å²) in [6, 6.07) is 0. The molecule has 5 heteroatoms. The summed E-state index contributed by atoms with van der Waals surface area (Å²) >= 11 is 0. The lowest BCUT2D eigenvalue weighted by Crippen LogP contribution is -2.54. The van der Waals surface area contributed by atoms with Gasteiger partial charge in [-0.15, -0.1) is 0 Å². The van der Waals surface area contributed by atoms with Gasteiger partial charge in [-0.3, -0.25) is 4.79 Å². The largest absolute Gasteiger partial charge is 0.376 e. The van der Waals surface area contributed by atoms with Gasteiger partial charge >= 0.3 is 0 Å². The molecule has 0 aromatic rings. The van der Waals surface area contributed by atoms with E-state index in [-0.39, 0.29) is 17.6 Å². The third kappa shape index (κ3) is 6.76. The average molecular weight is 300 g/mol. The zero-order chi connectivity index (χ0) is 15.9. The van der Waals surface area contributed by atoms with E-state index in [2.05, 4.69) is 19.2 Å². The van der Waals surface area contributed by atoms with Crippen molar-refractivity contribution >= 4 is 5.91 Å². The topological polar surface area (TPSA) is 73.6 Å². The Morgan fingerprint density at radius 3 is 2.67 bits per heavy atom. The van der Waals surface area contributed by atoms with E-state index in [0.717, 1.165) is 25.9 Å². The Morgan fingerprint density at radius 2 is 2.14 bits per heavy atom. The minimum Gasteiger partial charge on any atom is -0.376 e. The van der Waals surface area contributed by atoms with Crippen molar-refractivity contribution in [2.24, 2.45) is 11.7 Å². The van der Waals surface area contributed by atoms with Crippen molar-refractivity contribution in [3.63, 3.8) is 0 Å². The smallest absolute Gasteiger partial charge is 0.249 e. The number of rotatable bonds is 8. The summed E-state index contributed by atoms with van der Waals surface area (Å²) < 4.78 is 11.3. The number of nitrogens with one attached hydrogen (secondary N) is 1. The van der Waals surface area contributed by atoms with E-state index in [1.54, 1.807) is 6.92 Å². The first kappa shape index (κ1) is 18.4. The van der Waals surface area contributed by atoms with Crippen LogP contribution in [-0.2, 0) is 14.3 Å². The first-order valence-electron chi connectivity index (χ1n) is 8.11. The van der Waals surface area contributed by atoms with Crippen molar-refractivity contribution in [2.75, 3.05) is 19.8 Å². The summed E-state index contributed by atoms with van der Waals surface area (Å²) in [4.78, 5) is 12.2. The van der Waals surface area contributed by atoms with Gasteiger partial charge in [0.2, 0.25) is 5.91 Å². The Hall–Kier alpha value is -0.650. The lowest BCUT2D eigenvalue weighted by molar-refractivity contribution is -0.137. The molecule has 21 heavy (non-hydrogen) atoms. The van der Waals surface area contributed by atoms with Crippen LogP contribution in [0, 0.1) is 5.92 Å². The number of ether oxygens (including phenoxy) is 2. The van der Waals surface area contributed by atoms with Gasteiger partial charge in [-0.2, -0.15) is 0 Å². The highest BCUT2D eigenvalue weighted by Gasteiger charge is 2.28. The molecule has 1 saturated heterocycles. The molecule has 1 amide bonds. The van der Waals surface area contributed by atoms with Crippen LogP contribution in [0.15, 0.2) is 0 Å². The zero-order valence-electron chi connectivity index (χ0n) is 14.0. The fourth-order valence-corrected chi connectivity index (χ4v) is 2.75. The van der Waals surface area contributed by atoms with E-state index < -0.39 is 6.10 Å². The lowest BCUT2D eigenvalue weighted by Gasteiger charge is -2.32. The fourth-order valence-electron chi connectivity index (χ4n) is 2.75. The maximum atomic E-state index is 12.2. The van der Waals surface area contributed by atoms with Crippen LogP contribution in [0.25, 0.3) is 0 Å². The monoisotopic (exact) mass is 300 g/mol. The third-order valence-electron chi connectivity index (χ3n) is 3.91. The maximum Gasteiger partial charge on any atom is 0.249 e. The second kappa shape index (κ2) is 8.71. The quantitative estimate of drug-likeness (QED) is 0.717. The zero-order valence-corrected chi connectivity index (χ0v) is 14.0. The first-order valence-corrected chi connectivity index (χ1v) is 8.11. The second-order valence-electron chi connectivity index (χ2n) is 6.82. The average Bonchev–Trinajstić information content (AvgIpc) is 2.44. The molecule has 0 aromatic heterocycles. The minimum atomic E-state index is -0.478. The summed E-state index contributed by atoms with van der Waals surface area (Å²) in [5.74, 6) is 0.380. The molecule has 3 unspecified atom stereocenters. The van der Waals surface area contributed by atoms with Crippen molar-refractivity contribution in [2.45, 2.75) is 71.1 Å². The van der Waals surface area contributed by atoms with Crippen molar-refractivity contribution in [3.05, 3.63) is 0 Å². The van der Waals surface area contributed by atoms with Crippen LogP contribution in [0.3, 0.4) is 0 Å². The molecule has 124 valence electrons. The Balaban J connectivity index is 2.38. The Morgan fingerprint density at radius 1 is 1.43 bits per heavy atom. The van der Waals surface area contributed by atoms with Crippen LogP contribution in [0.4, 0.5) is 0 Å². The number of hydrogen-bond donors (Lipinski definition) is 2. The Labute approximate surface area is 128 Å². The highest BCUT2D eigenvalue weighted by Crippen LogP contribution is 2.16. The molecule has 0 aromatic carbocycles. The van der Waals surface area contributed by atoms with Gasteiger partial charge in [-0.1, -0.05) is 13.8 Å². The minimum absolute atomic E-state index is 0.0978. The van der Waals surface area contributed by atoms with E-state index in [1.807, 2.05) is 6.92 Å². The summed E-state index contributed by atoms with van der Waals surface area (Å²) in [7, 11) is 0. The SMILES string of the molecule is CC(C)CC(C)(CN)NC(=O)C(C)OCC1CCCCO1. The number of carbonyl (C=O) groups excluding carboxylic acids is 1. The third-order valence-corrected chi connectivity index (χ3v) is 3.91. The van der Waals surface area contributed by atoms with Gasteiger partial charge in [0, 0.05) is 18.7 Å². The van der Waals surface area contributed by atoms with Crippen molar-refractivity contribution < 1.29 is 14.3 Å². The summed E-state index contributed by atoms with van der Waals surface area (Å²) in [5, 5.41) is 3.03. The molecule has 1 heterocycles. The van der Waals surface area contributed by atoms with Crippen molar-refractivity contribution in [1.29, 1.82) is 0 Å². The van der Waals surface area contributed by atoms with Crippen LogP contribution < -0.4 is 11.1 Å². The molecule has 1 aliphatic rings. The molecular formula is C16H32N2O3. The molecule has 3 N–H and O–H groups in total. The van der Waals surface area contributed by atoms with Gasteiger partial charge in [0.05, 0.1) is 12.7 Å². The van der Waals surface area contributed by atoms with E-state index >= 15 is 0 Å². The first-order chi connectivity index (χ1) is 9.86. The lowest BCUT2D eigenvalue weighted by atomic mass is 9.90. The van der Waals surface area contributed by atoms with Gasteiger partial charge in [0.25, 0.3) is 0 Å². The number of nitrogens with two attached hydrogens (primary N) is 1. The molecule has 1 rings (SSSR count). The van der Waals surface area contributed by atoms with Crippen LogP contribution in [0.5, 0.6) is 0 Å². The van der Waals surface area contributed by atoms with Crippen molar-refractivity contribution in [1.82, 2.24) is 5.32 Å². The Kier molecular flexibility index (Phi) is 7.63. The van der Waals surface area contributed by atoms with E-state index in [4.69, 9.17) is 15.2 Å². The van der Waals surface area contributed by atoms with E-state index in [9.17, 15) is 4.79 Å². The summed E-state index contributed by atoms with van der Waals surface area (Å²) in [6.07, 6.45) is 3.82. The van der Waals surface area contributed by atoms with Crippen LogP contribution in [-0.4, -0.2) is 43.4 Å². The molecule has 0 spiro atoms. The molecule has 0 saturated carbocycles. The number of carbonyl (C=O) groups is 1. The number of amides is 1.